The van der Waals surface area contributed by atoms with Crippen molar-refractivity contribution in [1.82, 2.24) is 26.2 Å². The molecule has 3 saturated carbocycles. The first-order valence-electron chi connectivity index (χ1n) is 18.7. The Morgan fingerprint density at radius 2 is 1.59 bits per heavy atom. The topological polar surface area (TPSA) is 171 Å². The second kappa shape index (κ2) is 14.1. The van der Waals surface area contributed by atoms with Crippen molar-refractivity contribution in [3.63, 3.8) is 0 Å². The van der Waals surface area contributed by atoms with Crippen LogP contribution in [0.3, 0.4) is 0 Å². The predicted molar refractivity (Wildman–Crippen MR) is 186 cm³/mol. The molecule has 0 aromatic carbocycles. The summed E-state index contributed by atoms with van der Waals surface area (Å²) in [5, 5.41) is 11.0. The van der Waals surface area contributed by atoms with Gasteiger partial charge in [0, 0.05) is 12.6 Å². The first-order valence-corrected chi connectivity index (χ1v) is 20.4. The van der Waals surface area contributed by atoms with E-state index in [1.54, 1.807) is 4.90 Å². The summed E-state index contributed by atoms with van der Waals surface area (Å²) in [5.74, 6) is -2.13. The molecule has 1 unspecified atom stereocenters. The van der Waals surface area contributed by atoms with E-state index >= 15 is 0 Å². The van der Waals surface area contributed by atoms with Crippen LogP contribution in [0, 0.1) is 22.7 Å². The molecule has 2 heterocycles. The van der Waals surface area contributed by atoms with Crippen molar-refractivity contribution in [3.8, 4) is 0 Å². The third kappa shape index (κ3) is 7.96. The molecule has 2 aliphatic heterocycles. The van der Waals surface area contributed by atoms with Gasteiger partial charge < -0.3 is 26.2 Å². The Morgan fingerprint density at radius 1 is 0.918 bits per heavy atom. The number of urea groups is 1. The fraction of sp³-hybridized carbons (Fsp3) is 0.861. The van der Waals surface area contributed by atoms with Gasteiger partial charge in [-0.2, -0.15) is 0 Å². The lowest BCUT2D eigenvalue weighted by Crippen LogP contribution is -2.66. The zero-order valence-corrected chi connectivity index (χ0v) is 31.2. The standard InChI is InChI=1S/C36H59N5O7S/c1-7-8-14-24(28(42)31(44)37-22-16-17-22)38-30(43)27-26-23(35(26,5)6)21-41(27)32(45)29(34(2,3)4)39-33(46)40-36(18-11-9-12-19-36)25-15-10-13-20-49(25,47)48/h22-27,29H,7-21H2,1-6H3,(H,37,44)(H,38,43)(H2,39,40,46)/t23-,24-,25?,26-,27-,29+/m0/s1. The van der Waals surface area contributed by atoms with Gasteiger partial charge in [0.2, 0.25) is 17.6 Å². The Morgan fingerprint density at radius 3 is 2.18 bits per heavy atom. The Hall–Kier alpha value is -2.70. The quantitative estimate of drug-likeness (QED) is 0.226. The number of sulfone groups is 1. The largest absolute Gasteiger partial charge is 0.347 e. The molecule has 0 radical (unpaired) electrons. The summed E-state index contributed by atoms with van der Waals surface area (Å²) in [7, 11) is -3.38. The molecule has 0 spiro atoms. The van der Waals surface area contributed by atoms with Gasteiger partial charge in [-0.15, -0.1) is 0 Å². The highest BCUT2D eigenvalue weighted by molar-refractivity contribution is 7.92. The fourth-order valence-electron chi connectivity index (χ4n) is 8.88. The zero-order valence-electron chi connectivity index (χ0n) is 30.4. The minimum atomic E-state index is -3.38. The molecule has 0 aromatic rings. The summed E-state index contributed by atoms with van der Waals surface area (Å²) >= 11 is 0. The van der Waals surface area contributed by atoms with Crippen molar-refractivity contribution in [1.29, 1.82) is 0 Å². The molecule has 6 atom stereocenters. The van der Waals surface area contributed by atoms with Crippen molar-refractivity contribution in [2.75, 3.05) is 12.3 Å². The van der Waals surface area contributed by atoms with E-state index < -0.39 is 73.7 Å². The molecule has 5 amide bonds. The second-order valence-corrected chi connectivity index (χ2v) is 19.5. The van der Waals surface area contributed by atoms with Gasteiger partial charge in [0.25, 0.3) is 5.91 Å². The van der Waals surface area contributed by atoms with E-state index in [1.165, 1.54) is 0 Å². The van der Waals surface area contributed by atoms with Crippen LogP contribution in [0.4, 0.5) is 4.79 Å². The summed E-state index contributed by atoms with van der Waals surface area (Å²) in [5.41, 5.74) is -1.82. The molecule has 0 bridgehead atoms. The van der Waals surface area contributed by atoms with Gasteiger partial charge in [-0.25, -0.2) is 13.2 Å². The number of hydrogen-bond acceptors (Lipinski definition) is 7. The Labute approximate surface area is 292 Å². The molecular weight excluding hydrogens is 646 g/mol. The summed E-state index contributed by atoms with van der Waals surface area (Å²) in [6, 6.07) is -3.42. The molecule has 5 rings (SSSR count). The third-order valence-corrected chi connectivity index (χ3v) is 14.5. The van der Waals surface area contributed by atoms with Gasteiger partial charge in [-0.3, -0.25) is 19.2 Å². The summed E-state index contributed by atoms with van der Waals surface area (Å²) in [6.07, 6.45) is 9.13. The average molecular weight is 706 g/mol. The number of amides is 5. The highest BCUT2D eigenvalue weighted by Crippen LogP contribution is 2.65. The van der Waals surface area contributed by atoms with Crippen LogP contribution in [0.15, 0.2) is 0 Å². The molecule has 276 valence electrons. The predicted octanol–water partition coefficient (Wildman–Crippen LogP) is 3.38. The molecule has 49 heavy (non-hydrogen) atoms. The maximum atomic E-state index is 14.5. The normalized spacial score (nSPS) is 29.5. The van der Waals surface area contributed by atoms with Crippen molar-refractivity contribution in [2.24, 2.45) is 22.7 Å². The SMILES string of the molecule is CCCC[C@H](NC(=O)[C@@H]1[C@@H]2[C@H](CN1C(=O)[C@@H](NC(=O)NC1(C3CCCCS3(=O)=O)CCCCC1)C(C)(C)C)C2(C)C)C(=O)C(=O)NC1CC1. The van der Waals surface area contributed by atoms with Crippen LogP contribution >= 0.6 is 0 Å². The van der Waals surface area contributed by atoms with Gasteiger partial charge in [0.15, 0.2) is 9.84 Å². The maximum absolute atomic E-state index is 14.5. The number of rotatable bonds is 12. The first kappa shape index (κ1) is 37.6. The Kier molecular flexibility index (Phi) is 10.8. The molecule has 5 aliphatic rings. The summed E-state index contributed by atoms with van der Waals surface area (Å²) < 4.78 is 26.5. The zero-order chi connectivity index (χ0) is 35.9. The number of likely N-dealkylation sites (tertiary alicyclic amines) is 1. The summed E-state index contributed by atoms with van der Waals surface area (Å²) in [6.45, 7) is 12.0. The van der Waals surface area contributed by atoms with Gasteiger partial charge in [0.05, 0.1) is 22.6 Å². The van der Waals surface area contributed by atoms with E-state index in [1.807, 2.05) is 27.7 Å². The number of hydrogen-bond donors (Lipinski definition) is 4. The van der Waals surface area contributed by atoms with Crippen LogP contribution in [0.1, 0.15) is 125 Å². The van der Waals surface area contributed by atoms with Gasteiger partial charge >= 0.3 is 6.03 Å². The van der Waals surface area contributed by atoms with Crippen molar-refractivity contribution < 1.29 is 32.4 Å². The monoisotopic (exact) mass is 705 g/mol. The number of nitrogens with zero attached hydrogens (tertiary/aromatic N) is 1. The van der Waals surface area contributed by atoms with Crippen LogP contribution in [-0.4, -0.2) is 90.1 Å². The Balaban J connectivity index is 1.34. The van der Waals surface area contributed by atoms with Gasteiger partial charge in [-0.05, 0) is 67.6 Å². The van der Waals surface area contributed by atoms with Crippen molar-refractivity contribution in [3.05, 3.63) is 0 Å². The minimum Gasteiger partial charge on any atom is -0.347 e. The lowest BCUT2D eigenvalue weighted by atomic mass is 9.77. The number of piperidine rings is 1. The van der Waals surface area contributed by atoms with E-state index in [9.17, 15) is 32.4 Å². The van der Waals surface area contributed by atoms with Gasteiger partial charge in [-0.1, -0.05) is 80.1 Å². The lowest BCUT2D eigenvalue weighted by Gasteiger charge is -2.45. The number of ketones is 1. The molecule has 12 nitrogen and oxygen atoms in total. The van der Waals surface area contributed by atoms with E-state index in [4.69, 9.17) is 0 Å². The number of nitrogens with one attached hydrogen (secondary N) is 4. The van der Waals surface area contributed by atoms with Crippen molar-refractivity contribution in [2.45, 2.75) is 160 Å². The number of carbonyl (C=O) groups is 5. The smallest absolute Gasteiger partial charge is 0.315 e. The van der Waals surface area contributed by atoms with Crippen molar-refractivity contribution >= 4 is 39.4 Å². The van der Waals surface area contributed by atoms with Crippen LogP contribution < -0.4 is 21.3 Å². The van der Waals surface area contributed by atoms with Crippen LogP contribution in [0.5, 0.6) is 0 Å². The maximum Gasteiger partial charge on any atom is 0.315 e. The molecular formula is C36H59N5O7S. The minimum absolute atomic E-state index is 0.00837. The summed E-state index contributed by atoms with van der Waals surface area (Å²) in [4.78, 5) is 69.9. The molecule has 2 saturated heterocycles. The number of carbonyl (C=O) groups excluding carboxylic acids is 5. The molecule has 13 heteroatoms. The van der Waals surface area contributed by atoms with E-state index in [0.29, 0.717) is 45.1 Å². The highest BCUT2D eigenvalue weighted by Gasteiger charge is 2.70. The number of fused-ring (bicyclic) bond motifs is 1. The second-order valence-electron chi connectivity index (χ2n) is 17.2. The fourth-order valence-corrected chi connectivity index (χ4v) is 11.3. The third-order valence-electron chi connectivity index (χ3n) is 12.1. The molecule has 3 aliphatic carbocycles. The van der Waals surface area contributed by atoms with Gasteiger partial charge in [0.1, 0.15) is 12.1 Å². The molecule has 4 N–H and O–H groups in total. The highest BCUT2D eigenvalue weighted by atomic mass is 32.2. The van der Waals surface area contributed by atoms with Crippen LogP contribution in [0.2, 0.25) is 0 Å². The van der Waals surface area contributed by atoms with Crippen LogP contribution in [-0.2, 0) is 29.0 Å². The number of Topliss-reactive ketones (excluding diaryl/α,β-unsaturated/α-hetero) is 1. The lowest BCUT2D eigenvalue weighted by molar-refractivity contribution is -0.145. The molecule has 5 fully saturated rings. The first-order chi connectivity index (χ1) is 22.9. The molecule has 0 aromatic heterocycles. The van der Waals surface area contributed by atoms with E-state index in [-0.39, 0.29) is 29.0 Å². The number of unbranched alkanes of at least 4 members (excludes halogenated alkanes) is 1. The Bertz CT molecular complexity index is 1410. The van der Waals surface area contributed by atoms with Crippen LogP contribution in [0.25, 0.3) is 0 Å². The van der Waals surface area contributed by atoms with E-state index in [0.717, 1.165) is 44.9 Å². The average Bonchev–Trinajstić information content (AvgIpc) is 3.88. The van der Waals surface area contributed by atoms with E-state index in [2.05, 4.69) is 35.1 Å².